The molecule has 1 fully saturated rings. The molecule has 0 heterocycles. The summed E-state index contributed by atoms with van der Waals surface area (Å²) in [5, 5.41) is 0. The van der Waals surface area contributed by atoms with E-state index in [9.17, 15) is 0 Å². The molecule has 1 saturated carbocycles. The highest BCUT2D eigenvalue weighted by Crippen LogP contribution is 2.35. The highest BCUT2D eigenvalue weighted by Gasteiger charge is 2.22. The second-order valence-electron chi connectivity index (χ2n) is 5.94. The summed E-state index contributed by atoms with van der Waals surface area (Å²) in [4.78, 5) is 2.42. The first kappa shape index (κ1) is 15.2. The van der Waals surface area contributed by atoms with E-state index in [-0.39, 0.29) is 6.04 Å². The summed E-state index contributed by atoms with van der Waals surface area (Å²) in [7, 11) is 3.92. The van der Waals surface area contributed by atoms with Crippen molar-refractivity contribution >= 4 is 5.69 Å². The molecular formula is C17H28N2O. The molecular weight excluding hydrogens is 248 g/mol. The van der Waals surface area contributed by atoms with E-state index < -0.39 is 0 Å². The minimum absolute atomic E-state index is 0.0191. The molecule has 0 spiro atoms. The van der Waals surface area contributed by atoms with E-state index in [1.54, 1.807) is 7.11 Å². The van der Waals surface area contributed by atoms with Crippen LogP contribution in [-0.4, -0.2) is 20.2 Å². The summed E-state index contributed by atoms with van der Waals surface area (Å²) < 4.78 is 5.50. The zero-order valence-corrected chi connectivity index (χ0v) is 13.1. The molecule has 1 aromatic rings. The maximum Gasteiger partial charge on any atom is 0.125 e. The van der Waals surface area contributed by atoms with Crippen molar-refractivity contribution in [2.45, 2.75) is 57.5 Å². The average molecular weight is 276 g/mol. The Morgan fingerprint density at radius 3 is 2.40 bits per heavy atom. The van der Waals surface area contributed by atoms with Crippen LogP contribution in [-0.2, 0) is 0 Å². The molecule has 0 bridgehead atoms. The number of anilines is 1. The summed E-state index contributed by atoms with van der Waals surface area (Å²) in [5.74, 6) is 0.901. The van der Waals surface area contributed by atoms with Crippen LogP contribution in [0.15, 0.2) is 18.2 Å². The number of ether oxygens (including phenoxy) is 1. The topological polar surface area (TPSA) is 38.5 Å². The number of methoxy groups -OCH3 is 1. The van der Waals surface area contributed by atoms with Gasteiger partial charge in [0.2, 0.25) is 0 Å². The second kappa shape index (κ2) is 6.98. The molecule has 0 aliphatic heterocycles. The van der Waals surface area contributed by atoms with Crippen molar-refractivity contribution in [1.82, 2.24) is 0 Å². The Kier molecular flexibility index (Phi) is 5.30. The van der Waals surface area contributed by atoms with E-state index >= 15 is 0 Å². The Morgan fingerprint density at radius 2 is 1.85 bits per heavy atom. The highest BCUT2D eigenvalue weighted by molar-refractivity contribution is 5.61. The fraction of sp³-hybridized carbons (Fsp3) is 0.647. The lowest BCUT2D eigenvalue weighted by Gasteiger charge is -2.32. The lowest BCUT2D eigenvalue weighted by Crippen LogP contribution is -2.32. The molecule has 20 heavy (non-hydrogen) atoms. The standard InChI is InChI=1S/C17H28N2O/c1-13(18)17-15(11-8-12-16(17)20-3)19(2)14-9-6-4-5-7-10-14/h8,11-14H,4-7,9-10,18H2,1-3H3/t13-/m1/s1. The first-order chi connectivity index (χ1) is 9.65. The van der Waals surface area contributed by atoms with Crippen LogP contribution in [0.25, 0.3) is 0 Å². The van der Waals surface area contributed by atoms with Crippen molar-refractivity contribution in [3.05, 3.63) is 23.8 Å². The van der Waals surface area contributed by atoms with Crippen LogP contribution < -0.4 is 15.4 Å². The van der Waals surface area contributed by atoms with Crippen LogP contribution in [0.5, 0.6) is 5.75 Å². The Balaban J connectivity index is 2.30. The molecule has 0 aromatic heterocycles. The molecule has 1 atom stereocenters. The molecule has 0 saturated heterocycles. The second-order valence-corrected chi connectivity index (χ2v) is 5.94. The van der Waals surface area contributed by atoms with Gasteiger partial charge in [-0.15, -0.1) is 0 Å². The van der Waals surface area contributed by atoms with E-state index in [0.717, 1.165) is 11.3 Å². The van der Waals surface area contributed by atoms with Gasteiger partial charge >= 0.3 is 0 Å². The van der Waals surface area contributed by atoms with Crippen LogP contribution in [0.4, 0.5) is 5.69 Å². The van der Waals surface area contributed by atoms with Gasteiger partial charge in [-0.25, -0.2) is 0 Å². The van der Waals surface area contributed by atoms with Gasteiger partial charge < -0.3 is 15.4 Å². The molecule has 1 aliphatic rings. The normalized spacial score (nSPS) is 18.4. The van der Waals surface area contributed by atoms with E-state index in [0.29, 0.717) is 6.04 Å². The van der Waals surface area contributed by atoms with Gasteiger partial charge in [0, 0.05) is 30.4 Å². The third kappa shape index (κ3) is 3.26. The average Bonchev–Trinajstić information content (AvgIpc) is 2.74. The summed E-state index contributed by atoms with van der Waals surface area (Å²) in [6.07, 6.45) is 8.00. The first-order valence-corrected chi connectivity index (χ1v) is 7.80. The molecule has 0 unspecified atom stereocenters. The Morgan fingerprint density at radius 1 is 1.20 bits per heavy atom. The lowest BCUT2D eigenvalue weighted by atomic mass is 10.0. The van der Waals surface area contributed by atoms with Crippen molar-refractivity contribution in [2.75, 3.05) is 19.1 Å². The number of hydrogen-bond donors (Lipinski definition) is 1. The maximum atomic E-state index is 6.18. The lowest BCUT2D eigenvalue weighted by molar-refractivity contribution is 0.406. The quantitative estimate of drug-likeness (QED) is 0.848. The molecule has 2 rings (SSSR count). The number of rotatable bonds is 4. The minimum atomic E-state index is -0.0191. The van der Waals surface area contributed by atoms with Crippen LogP contribution in [0, 0.1) is 0 Å². The fourth-order valence-corrected chi connectivity index (χ4v) is 3.32. The maximum absolute atomic E-state index is 6.18. The predicted molar refractivity (Wildman–Crippen MR) is 85.5 cm³/mol. The first-order valence-electron chi connectivity index (χ1n) is 7.80. The summed E-state index contributed by atoms with van der Waals surface area (Å²) in [5.41, 5.74) is 8.54. The van der Waals surface area contributed by atoms with Crippen LogP contribution >= 0.6 is 0 Å². The van der Waals surface area contributed by atoms with Gasteiger partial charge in [0.05, 0.1) is 7.11 Å². The third-order valence-electron chi connectivity index (χ3n) is 4.47. The number of benzene rings is 1. The van der Waals surface area contributed by atoms with Crippen LogP contribution in [0.1, 0.15) is 57.1 Å². The zero-order chi connectivity index (χ0) is 14.5. The van der Waals surface area contributed by atoms with Gasteiger partial charge in [-0.05, 0) is 31.9 Å². The number of hydrogen-bond acceptors (Lipinski definition) is 3. The van der Waals surface area contributed by atoms with Crippen molar-refractivity contribution in [3.63, 3.8) is 0 Å². The van der Waals surface area contributed by atoms with E-state index in [1.807, 2.05) is 13.0 Å². The minimum Gasteiger partial charge on any atom is -0.496 e. The smallest absolute Gasteiger partial charge is 0.125 e. The largest absolute Gasteiger partial charge is 0.496 e. The Labute approximate surface area is 123 Å². The zero-order valence-electron chi connectivity index (χ0n) is 13.1. The molecule has 2 N–H and O–H groups in total. The summed E-state index contributed by atoms with van der Waals surface area (Å²) >= 11 is 0. The SMILES string of the molecule is COc1cccc(N(C)C2CCCCCC2)c1[C@@H](C)N. The molecule has 1 aromatic carbocycles. The molecule has 1 aliphatic carbocycles. The van der Waals surface area contributed by atoms with Gasteiger partial charge in [-0.3, -0.25) is 0 Å². The van der Waals surface area contributed by atoms with E-state index in [2.05, 4.69) is 24.1 Å². The summed E-state index contributed by atoms with van der Waals surface area (Å²) in [6.45, 7) is 2.03. The van der Waals surface area contributed by atoms with Gasteiger partial charge in [-0.1, -0.05) is 31.7 Å². The molecule has 112 valence electrons. The molecule has 3 nitrogen and oxygen atoms in total. The number of nitrogens with zero attached hydrogens (tertiary/aromatic N) is 1. The van der Waals surface area contributed by atoms with E-state index in [4.69, 9.17) is 10.5 Å². The Hall–Kier alpha value is -1.22. The van der Waals surface area contributed by atoms with Crippen molar-refractivity contribution in [2.24, 2.45) is 5.73 Å². The van der Waals surface area contributed by atoms with Crippen molar-refractivity contribution in [3.8, 4) is 5.75 Å². The van der Waals surface area contributed by atoms with Crippen molar-refractivity contribution in [1.29, 1.82) is 0 Å². The monoisotopic (exact) mass is 276 g/mol. The van der Waals surface area contributed by atoms with Crippen LogP contribution in [0.3, 0.4) is 0 Å². The van der Waals surface area contributed by atoms with E-state index in [1.165, 1.54) is 44.2 Å². The Bertz CT molecular complexity index is 423. The molecule has 0 amide bonds. The predicted octanol–water partition coefficient (Wildman–Crippen LogP) is 3.87. The highest BCUT2D eigenvalue weighted by atomic mass is 16.5. The van der Waals surface area contributed by atoms with Gasteiger partial charge in [0.25, 0.3) is 0 Å². The number of nitrogens with two attached hydrogens (primary N) is 1. The van der Waals surface area contributed by atoms with Gasteiger partial charge in [0.1, 0.15) is 5.75 Å². The molecule has 0 radical (unpaired) electrons. The van der Waals surface area contributed by atoms with Crippen LogP contribution in [0.2, 0.25) is 0 Å². The van der Waals surface area contributed by atoms with Gasteiger partial charge in [0.15, 0.2) is 0 Å². The summed E-state index contributed by atoms with van der Waals surface area (Å²) in [6, 6.07) is 6.85. The van der Waals surface area contributed by atoms with Gasteiger partial charge in [-0.2, -0.15) is 0 Å². The molecule has 3 heteroatoms. The fourth-order valence-electron chi connectivity index (χ4n) is 3.32. The third-order valence-corrected chi connectivity index (χ3v) is 4.47. The van der Waals surface area contributed by atoms with Crippen molar-refractivity contribution < 1.29 is 4.74 Å².